The maximum Gasteiger partial charge on any atom is 0.326 e. The van der Waals surface area contributed by atoms with Crippen LogP contribution < -0.4 is 4.90 Å². The molecule has 1 aliphatic rings. The Kier molecular flexibility index (Phi) is 2.39. The van der Waals surface area contributed by atoms with Crippen LogP contribution in [0.25, 0.3) is 0 Å². The third-order valence-corrected chi connectivity index (χ3v) is 3.07. The molecule has 0 aliphatic carbocycles. The first-order chi connectivity index (χ1) is 7.11. The Bertz CT molecular complexity index is 389. The molecule has 0 saturated heterocycles. The summed E-state index contributed by atoms with van der Waals surface area (Å²) in [6, 6.07) is 7.59. The molecule has 1 aromatic carbocycles. The minimum Gasteiger partial charge on any atom is -0.480 e. The minimum absolute atomic E-state index is 0.419. The van der Waals surface area contributed by atoms with Crippen LogP contribution in [0.1, 0.15) is 25.3 Å². The van der Waals surface area contributed by atoms with Crippen molar-refractivity contribution in [1.82, 2.24) is 0 Å². The highest BCUT2D eigenvalue weighted by molar-refractivity contribution is 5.79. The zero-order chi connectivity index (χ0) is 11.0. The van der Waals surface area contributed by atoms with E-state index in [-0.39, 0.29) is 0 Å². The van der Waals surface area contributed by atoms with Crippen LogP contribution >= 0.6 is 0 Å². The Morgan fingerprint density at radius 3 is 2.87 bits per heavy atom. The Balaban J connectivity index is 2.36. The van der Waals surface area contributed by atoms with E-state index in [0.717, 1.165) is 12.2 Å². The van der Waals surface area contributed by atoms with Gasteiger partial charge in [-0.05, 0) is 18.6 Å². The Hall–Kier alpha value is -1.51. The van der Waals surface area contributed by atoms with E-state index >= 15 is 0 Å². The lowest BCUT2D eigenvalue weighted by Crippen LogP contribution is -2.38. The molecule has 0 bridgehead atoms. The van der Waals surface area contributed by atoms with Gasteiger partial charge in [0.2, 0.25) is 0 Å². The topological polar surface area (TPSA) is 40.5 Å². The number of anilines is 1. The van der Waals surface area contributed by atoms with E-state index in [4.69, 9.17) is 5.11 Å². The van der Waals surface area contributed by atoms with Gasteiger partial charge in [0.15, 0.2) is 0 Å². The first-order valence-corrected chi connectivity index (χ1v) is 5.19. The van der Waals surface area contributed by atoms with Gasteiger partial charge in [-0.25, -0.2) is 4.79 Å². The second-order valence-electron chi connectivity index (χ2n) is 4.13. The highest BCUT2D eigenvalue weighted by Crippen LogP contribution is 2.36. The minimum atomic E-state index is -0.765. The van der Waals surface area contributed by atoms with Gasteiger partial charge in [-0.2, -0.15) is 0 Å². The lowest BCUT2D eigenvalue weighted by molar-refractivity contribution is -0.138. The van der Waals surface area contributed by atoms with Gasteiger partial charge in [-0.3, -0.25) is 0 Å². The molecule has 2 unspecified atom stereocenters. The summed E-state index contributed by atoms with van der Waals surface area (Å²) in [6.45, 7) is 4.66. The molecule has 1 aliphatic heterocycles. The molecule has 3 nitrogen and oxygen atoms in total. The number of hydrogen-bond donors (Lipinski definition) is 1. The van der Waals surface area contributed by atoms with Crippen molar-refractivity contribution < 1.29 is 9.90 Å². The molecule has 0 saturated carbocycles. The summed E-state index contributed by atoms with van der Waals surface area (Å²) < 4.78 is 0. The third-order valence-electron chi connectivity index (χ3n) is 3.07. The number of hydrogen-bond acceptors (Lipinski definition) is 2. The molecule has 0 radical (unpaired) electrons. The highest BCUT2D eigenvalue weighted by atomic mass is 16.4. The van der Waals surface area contributed by atoms with Gasteiger partial charge in [0.25, 0.3) is 0 Å². The number of carboxylic acid groups (broad SMARTS) is 1. The average Bonchev–Trinajstić information content (AvgIpc) is 2.56. The Morgan fingerprint density at radius 1 is 1.53 bits per heavy atom. The van der Waals surface area contributed by atoms with E-state index in [1.54, 1.807) is 6.92 Å². The van der Waals surface area contributed by atoms with Crippen molar-refractivity contribution in [3.63, 3.8) is 0 Å². The van der Waals surface area contributed by atoms with E-state index in [0.29, 0.717) is 5.92 Å². The van der Waals surface area contributed by atoms with Gasteiger partial charge in [-0.15, -0.1) is 0 Å². The monoisotopic (exact) mass is 205 g/mol. The zero-order valence-corrected chi connectivity index (χ0v) is 8.97. The highest BCUT2D eigenvalue weighted by Gasteiger charge is 2.30. The van der Waals surface area contributed by atoms with Gasteiger partial charge in [0.05, 0.1) is 0 Å². The van der Waals surface area contributed by atoms with Crippen molar-refractivity contribution in [2.24, 2.45) is 0 Å². The SMILES string of the molecule is CC1CN(C(C)C(=O)O)c2ccccc21. The summed E-state index contributed by atoms with van der Waals surface area (Å²) in [7, 11) is 0. The second kappa shape index (κ2) is 3.57. The zero-order valence-electron chi connectivity index (χ0n) is 8.97. The molecule has 0 aromatic heterocycles. The van der Waals surface area contributed by atoms with Crippen molar-refractivity contribution in [3.8, 4) is 0 Å². The van der Waals surface area contributed by atoms with E-state index in [9.17, 15) is 4.79 Å². The molecule has 1 heterocycles. The molecular weight excluding hydrogens is 190 g/mol. The molecule has 0 spiro atoms. The number of aliphatic carboxylic acids is 1. The number of carboxylic acids is 1. The predicted octanol–water partition coefficient (Wildman–Crippen LogP) is 2.08. The molecule has 0 amide bonds. The van der Waals surface area contributed by atoms with Crippen LogP contribution in [0.15, 0.2) is 24.3 Å². The fourth-order valence-corrected chi connectivity index (χ4v) is 2.16. The van der Waals surface area contributed by atoms with Crippen LogP contribution in [0.2, 0.25) is 0 Å². The summed E-state index contributed by atoms with van der Waals surface area (Å²) in [5, 5.41) is 9.01. The van der Waals surface area contributed by atoms with E-state index in [2.05, 4.69) is 13.0 Å². The normalized spacial score (nSPS) is 21.2. The predicted molar refractivity (Wildman–Crippen MR) is 59.3 cm³/mol. The molecule has 2 atom stereocenters. The largest absolute Gasteiger partial charge is 0.480 e. The van der Waals surface area contributed by atoms with E-state index in [1.165, 1.54) is 5.56 Å². The lowest BCUT2D eigenvalue weighted by atomic mass is 10.0. The first-order valence-electron chi connectivity index (χ1n) is 5.19. The maximum atomic E-state index is 11.0. The number of para-hydroxylation sites is 1. The van der Waals surface area contributed by atoms with Crippen molar-refractivity contribution in [1.29, 1.82) is 0 Å². The van der Waals surface area contributed by atoms with E-state index < -0.39 is 12.0 Å². The Morgan fingerprint density at radius 2 is 2.20 bits per heavy atom. The van der Waals surface area contributed by atoms with Crippen molar-refractivity contribution in [3.05, 3.63) is 29.8 Å². The standard InChI is InChI=1S/C12H15NO2/c1-8-7-13(9(2)12(14)15)11-6-4-3-5-10(8)11/h3-6,8-9H,7H2,1-2H3,(H,14,15). The van der Waals surface area contributed by atoms with Crippen LogP contribution in [-0.2, 0) is 4.79 Å². The number of fused-ring (bicyclic) bond motifs is 1. The second-order valence-corrected chi connectivity index (χ2v) is 4.13. The fourth-order valence-electron chi connectivity index (χ4n) is 2.16. The van der Waals surface area contributed by atoms with Crippen LogP contribution in [-0.4, -0.2) is 23.7 Å². The molecular formula is C12H15NO2. The number of benzene rings is 1. The van der Waals surface area contributed by atoms with Crippen molar-refractivity contribution in [2.75, 3.05) is 11.4 Å². The first kappa shape index (κ1) is 10.0. The number of carbonyl (C=O) groups is 1. The summed E-state index contributed by atoms with van der Waals surface area (Å²) >= 11 is 0. The molecule has 3 heteroatoms. The summed E-state index contributed by atoms with van der Waals surface area (Å²) in [6.07, 6.45) is 0. The van der Waals surface area contributed by atoms with Crippen LogP contribution in [0.4, 0.5) is 5.69 Å². The van der Waals surface area contributed by atoms with Crippen LogP contribution in [0.3, 0.4) is 0 Å². The van der Waals surface area contributed by atoms with Gasteiger partial charge in [-0.1, -0.05) is 25.1 Å². The molecule has 15 heavy (non-hydrogen) atoms. The molecule has 1 aromatic rings. The van der Waals surface area contributed by atoms with Crippen molar-refractivity contribution >= 4 is 11.7 Å². The van der Waals surface area contributed by atoms with Crippen LogP contribution in [0, 0.1) is 0 Å². The van der Waals surface area contributed by atoms with Gasteiger partial charge >= 0.3 is 5.97 Å². The number of rotatable bonds is 2. The maximum absolute atomic E-state index is 11.0. The molecule has 80 valence electrons. The smallest absolute Gasteiger partial charge is 0.326 e. The van der Waals surface area contributed by atoms with Crippen molar-refractivity contribution in [2.45, 2.75) is 25.8 Å². The summed E-state index contributed by atoms with van der Waals surface area (Å²) in [5.74, 6) is -0.345. The van der Waals surface area contributed by atoms with Gasteiger partial charge in [0, 0.05) is 18.2 Å². The number of nitrogens with zero attached hydrogens (tertiary/aromatic N) is 1. The third kappa shape index (κ3) is 1.58. The quantitative estimate of drug-likeness (QED) is 0.803. The van der Waals surface area contributed by atoms with Crippen LogP contribution in [0.5, 0.6) is 0 Å². The summed E-state index contributed by atoms with van der Waals surface area (Å²) in [5.41, 5.74) is 2.32. The van der Waals surface area contributed by atoms with E-state index in [1.807, 2.05) is 23.1 Å². The fraction of sp³-hybridized carbons (Fsp3) is 0.417. The average molecular weight is 205 g/mol. The Labute approximate surface area is 89.3 Å². The van der Waals surface area contributed by atoms with Gasteiger partial charge < -0.3 is 10.0 Å². The molecule has 2 rings (SSSR count). The molecule has 0 fully saturated rings. The van der Waals surface area contributed by atoms with Gasteiger partial charge in [0.1, 0.15) is 6.04 Å². The summed E-state index contributed by atoms with van der Waals surface area (Å²) in [4.78, 5) is 12.9. The molecule has 1 N–H and O–H groups in total. The lowest BCUT2D eigenvalue weighted by Gasteiger charge is -2.24.